The first-order chi connectivity index (χ1) is 12.8. The van der Waals surface area contributed by atoms with E-state index in [0.29, 0.717) is 5.91 Å². The smallest absolute Gasteiger partial charge is 0.227 e. The molecule has 0 radical (unpaired) electrons. The first-order valence-corrected chi connectivity index (χ1v) is 10.0. The maximum atomic E-state index is 12.8. The number of nitrogens with zero attached hydrogens (tertiary/aromatic N) is 5. The molecular formula is C19H29N5O2. The SMILES string of the molecule is O=C(C1CCCN(c2ccc(N3CCOCC3)nn2)C1)N1CCCCC1. The van der Waals surface area contributed by atoms with Crippen LogP contribution in [0.15, 0.2) is 12.1 Å². The number of morpholine rings is 1. The molecule has 7 nitrogen and oxygen atoms in total. The number of carbonyl (C=O) groups is 1. The molecule has 1 atom stereocenters. The number of hydrogen-bond acceptors (Lipinski definition) is 6. The van der Waals surface area contributed by atoms with Crippen LogP contribution in [0.3, 0.4) is 0 Å². The number of ether oxygens (including phenoxy) is 1. The molecule has 3 fully saturated rings. The molecule has 1 aromatic heterocycles. The normalized spacial score (nSPS) is 24.6. The highest BCUT2D eigenvalue weighted by Crippen LogP contribution is 2.25. The Bertz CT molecular complexity index is 596. The maximum absolute atomic E-state index is 12.8. The highest BCUT2D eigenvalue weighted by molar-refractivity contribution is 5.79. The first-order valence-electron chi connectivity index (χ1n) is 10.0. The van der Waals surface area contributed by atoms with Crippen LogP contribution in [-0.4, -0.2) is 73.5 Å². The van der Waals surface area contributed by atoms with Crippen LogP contribution in [0.1, 0.15) is 32.1 Å². The molecule has 3 aliphatic heterocycles. The topological polar surface area (TPSA) is 61.8 Å². The molecule has 7 heteroatoms. The Kier molecular flexibility index (Phi) is 5.53. The number of aromatic nitrogens is 2. The molecule has 142 valence electrons. The van der Waals surface area contributed by atoms with Crippen LogP contribution in [0, 0.1) is 5.92 Å². The van der Waals surface area contributed by atoms with E-state index >= 15 is 0 Å². The Balaban J connectivity index is 1.38. The summed E-state index contributed by atoms with van der Waals surface area (Å²) in [6.45, 7) is 6.81. The molecule has 0 spiro atoms. The Labute approximate surface area is 155 Å². The van der Waals surface area contributed by atoms with Crippen LogP contribution in [0.5, 0.6) is 0 Å². The largest absolute Gasteiger partial charge is 0.378 e. The predicted octanol–water partition coefficient (Wildman–Crippen LogP) is 1.54. The van der Waals surface area contributed by atoms with Crippen LogP contribution >= 0.6 is 0 Å². The van der Waals surface area contributed by atoms with E-state index in [1.54, 1.807) is 0 Å². The molecule has 3 saturated heterocycles. The number of piperidine rings is 2. The molecule has 0 aromatic carbocycles. The van der Waals surface area contributed by atoms with E-state index in [2.05, 4.69) is 24.9 Å². The van der Waals surface area contributed by atoms with Crippen LogP contribution < -0.4 is 9.80 Å². The van der Waals surface area contributed by atoms with Crippen molar-refractivity contribution in [3.8, 4) is 0 Å². The van der Waals surface area contributed by atoms with Crippen molar-refractivity contribution in [2.24, 2.45) is 5.92 Å². The molecule has 0 saturated carbocycles. The maximum Gasteiger partial charge on any atom is 0.227 e. The van der Waals surface area contributed by atoms with Crippen molar-refractivity contribution in [2.75, 3.05) is 62.3 Å². The zero-order valence-corrected chi connectivity index (χ0v) is 15.5. The minimum Gasteiger partial charge on any atom is -0.378 e. The van der Waals surface area contributed by atoms with Crippen molar-refractivity contribution < 1.29 is 9.53 Å². The van der Waals surface area contributed by atoms with Gasteiger partial charge in [-0.2, -0.15) is 0 Å². The van der Waals surface area contributed by atoms with Crippen LogP contribution in [0.4, 0.5) is 11.6 Å². The lowest BCUT2D eigenvalue weighted by Gasteiger charge is -2.36. The summed E-state index contributed by atoms with van der Waals surface area (Å²) < 4.78 is 5.39. The minimum atomic E-state index is 0.0996. The second kappa shape index (κ2) is 8.20. The zero-order chi connectivity index (χ0) is 17.8. The van der Waals surface area contributed by atoms with Gasteiger partial charge in [0.2, 0.25) is 5.91 Å². The van der Waals surface area contributed by atoms with Crippen molar-refractivity contribution in [2.45, 2.75) is 32.1 Å². The summed E-state index contributed by atoms with van der Waals surface area (Å²) in [4.78, 5) is 19.3. The average Bonchev–Trinajstić information content (AvgIpc) is 2.75. The Morgan fingerprint density at radius 2 is 1.58 bits per heavy atom. The summed E-state index contributed by atoms with van der Waals surface area (Å²) in [5.41, 5.74) is 0. The summed E-state index contributed by atoms with van der Waals surface area (Å²) >= 11 is 0. The lowest BCUT2D eigenvalue weighted by atomic mass is 9.95. The van der Waals surface area contributed by atoms with E-state index in [1.807, 2.05) is 12.1 Å². The molecule has 0 N–H and O–H groups in total. The Hall–Kier alpha value is -1.89. The van der Waals surface area contributed by atoms with E-state index in [1.165, 1.54) is 6.42 Å². The van der Waals surface area contributed by atoms with Gasteiger partial charge in [0.05, 0.1) is 19.1 Å². The molecule has 1 unspecified atom stereocenters. The molecule has 4 heterocycles. The van der Waals surface area contributed by atoms with E-state index in [0.717, 1.165) is 89.8 Å². The third-order valence-electron chi connectivity index (χ3n) is 5.73. The van der Waals surface area contributed by atoms with Gasteiger partial charge in [-0.25, -0.2) is 0 Å². The van der Waals surface area contributed by atoms with Gasteiger partial charge in [-0.05, 0) is 44.2 Å². The Morgan fingerprint density at radius 3 is 2.27 bits per heavy atom. The molecule has 1 aromatic rings. The molecule has 0 bridgehead atoms. The standard InChI is InChI=1S/C19H29N5O2/c25-19(23-8-2-1-3-9-23)16-5-4-10-24(15-16)18-7-6-17(20-21-18)22-11-13-26-14-12-22/h6-7,16H,1-5,8-15H2. The van der Waals surface area contributed by atoms with Crippen molar-refractivity contribution in [1.82, 2.24) is 15.1 Å². The fourth-order valence-electron chi connectivity index (χ4n) is 4.21. The number of rotatable bonds is 3. The zero-order valence-electron chi connectivity index (χ0n) is 15.5. The van der Waals surface area contributed by atoms with Crippen LogP contribution in [-0.2, 0) is 9.53 Å². The van der Waals surface area contributed by atoms with E-state index in [9.17, 15) is 4.79 Å². The summed E-state index contributed by atoms with van der Waals surface area (Å²) in [5, 5.41) is 8.87. The van der Waals surface area contributed by atoms with Gasteiger partial charge in [-0.1, -0.05) is 0 Å². The van der Waals surface area contributed by atoms with Crippen molar-refractivity contribution in [3.63, 3.8) is 0 Å². The molecular weight excluding hydrogens is 330 g/mol. The molecule has 3 aliphatic rings. The van der Waals surface area contributed by atoms with Gasteiger partial charge in [0.25, 0.3) is 0 Å². The third-order valence-corrected chi connectivity index (χ3v) is 5.73. The summed E-state index contributed by atoms with van der Waals surface area (Å²) in [5.74, 6) is 2.24. The van der Waals surface area contributed by atoms with Crippen molar-refractivity contribution in [1.29, 1.82) is 0 Å². The molecule has 26 heavy (non-hydrogen) atoms. The fraction of sp³-hybridized carbons (Fsp3) is 0.737. The first kappa shape index (κ1) is 17.5. The van der Waals surface area contributed by atoms with Crippen LogP contribution in [0.2, 0.25) is 0 Å². The molecule has 0 aliphatic carbocycles. The van der Waals surface area contributed by atoms with Gasteiger partial charge in [0.15, 0.2) is 11.6 Å². The predicted molar refractivity (Wildman–Crippen MR) is 100 cm³/mol. The summed E-state index contributed by atoms with van der Waals surface area (Å²) in [6.07, 6.45) is 5.58. The molecule has 4 rings (SSSR count). The van der Waals surface area contributed by atoms with Crippen molar-refractivity contribution in [3.05, 3.63) is 12.1 Å². The van der Waals surface area contributed by atoms with E-state index in [-0.39, 0.29) is 5.92 Å². The fourth-order valence-corrected chi connectivity index (χ4v) is 4.21. The highest BCUT2D eigenvalue weighted by atomic mass is 16.5. The van der Waals surface area contributed by atoms with Gasteiger partial charge >= 0.3 is 0 Å². The quantitative estimate of drug-likeness (QED) is 0.816. The van der Waals surface area contributed by atoms with Gasteiger partial charge < -0.3 is 19.4 Å². The average molecular weight is 359 g/mol. The van der Waals surface area contributed by atoms with E-state index in [4.69, 9.17) is 4.74 Å². The number of carbonyl (C=O) groups excluding carboxylic acids is 1. The second-order valence-electron chi connectivity index (χ2n) is 7.52. The lowest BCUT2D eigenvalue weighted by Crippen LogP contribution is -2.46. The number of amides is 1. The number of likely N-dealkylation sites (tertiary alicyclic amines) is 1. The molecule has 1 amide bonds. The summed E-state index contributed by atoms with van der Waals surface area (Å²) in [6, 6.07) is 4.09. The Morgan fingerprint density at radius 1 is 0.885 bits per heavy atom. The van der Waals surface area contributed by atoms with Gasteiger partial charge in [-0.3, -0.25) is 4.79 Å². The van der Waals surface area contributed by atoms with Gasteiger partial charge in [-0.15, -0.1) is 10.2 Å². The number of anilines is 2. The van der Waals surface area contributed by atoms with Gasteiger partial charge in [0, 0.05) is 39.3 Å². The second-order valence-corrected chi connectivity index (χ2v) is 7.52. The number of hydrogen-bond donors (Lipinski definition) is 0. The van der Waals surface area contributed by atoms with Crippen molar-refractivity contribution >= 4 is 17.5 Å². The monoisotopic (exact) mass is 359 g/mol. The third kappa shape index (κ3) is 3.92. The summed E-state index contributed by atoms with van der Waals surface area (Å²) in [7, 11) is 0. The highest BCUT2D eigenvalue weighted by Gasteiger charge is 2.30. The van der Waals surface area contributed by atoms with Gasteiger partial charge in [0.1, 0.15) is 0 Å². The lowest BCUT2D eigenvalue weighted by molar-refractivity contribution is -0.136. The minimum absolute atomic E-state index is 0.0996. The van der Waals surface area contributed by atoms with Crippen LogP contribution in [0.25, 0.3) is 0 Å². The van der Waals surface area contributed by atoms with E-state index < -0.39 is 0 Å².